The highest BCUT2D eigenvalue weighted by molar-refractivity contribution is 5.28. The zero-order valence-corrected chi connectivity index (χ0v) is 9.77. The van der Waals surface area contributed by atoms with Crippen LogP contribution in [0.15, 0.2) is 29.4 Å². The van der Waals surface area contributed by atoms with Crippen molar-refractivity contribution in [2.75, 3.05) is 0 Å². The first-order valence-electron chi connectivity index (χ1n) is 5.27. The van der Waals surface area contributed by atoms with Crippen LogP contribution >= 0.6 is 0 Å². The lowest BCUT2D eigenvalue weighted by Crippen LogP contribution is -2.22. The Morgan fingerprint density at radius 1 is 1.26 bits per heavy atom. The first-order chi connectivity index (χ1) is 8.77. The zero-order chi connectivity index (χ0) is 14.6. The van der Waals surface area contributed by atoms with Crippen molar-refractivity contribution in [3.8, 4) is 0 Å². The van der Waals surface area contributed by atoms with Crippen molar-refractivity contribution in [2.24, 2.45) is 5.11 Å². The van der Waals surface area contributed by atoms with Gasteiger partial charge in [-0.25, -0.2) is 8.78 Å². The van der Waals surface area contributed by atoms with Gasteiger partial charge >= 0.3 is 6.18 Å². The van der Waals surface area contributed by atoms with Crippen molar-refractivity contribution >= 4 is 0 Å². The Hall–Kier alpha value is -1.82. The SMILES string of the molecule is CC(F)[C@H](N=[N+]=[N-])[C@@H](F)c1cccc(C(F)(F)F)c1. The van der Waals surface area contributed by atoms with Crippen molar-refractivity contribution in [1.29, 1.82) is 0 Å². The van der Waals surface area contributed by atoms with Crippen molar-refractivity contribution in [2.45, 2.75) is 31.5 Å². The third kappa shape index (κ3) is 3.82. The van der Waals surface area contributed by atoms with E-state index < -0.39 is 30.1 Å². The maximum absolute atomic E-state index is 13.9. The third-order valence-electron chi connectivity index (χ3n) is 2.49. The standard InChI is InChI=1S/C11H10F5N3/c1-6(12)10(18-19-17)9(13)7-3-2-4-8(5-7)11(14,15)16/h2-6,9-10H,1H3/t6?,9-,10-/m0/s1. The van der Waals surface area contributed by atoms with E-state index in [1.54, 1.807) is 0 Å². The largest absolute Gasteiger partial charge is 0.416 e. The maximum atomic E-state index is 13.9. The molecule has 1 aromatic carbocycles. The number of hydrogen-bond acceptors (Lipinski definition) is 1. The molecule has 1 unspecified atom stereocenters. The summed E-state index contributed by atoms with van der Waals surface area (Å²) in [6, 6.07) is 1.75. The molecule has 0 N–H and O–H groups in total. The van der Waals surface area contributed by atoms with Crippen molar-refractivity contribution < 1.29 is 22.0 Å². The summed E-state index contributed by atoms with van der Waals surface area (Å²) < 4.78 is 64.4. The molecule has 0 radical (unpaired) electrons. The van der Waals surface area contributed by atoms with Gasteiger partial charge in [-0.15, -0.1) is 0 Å². The van der Waals surface area contributed by atoms with Crippen molar-refractivity contribution in [1.82, 2.24) is 0 Å². The predicted molar refractivity (Wildman–Crippen MR) is 58.8 cm³/mol. The predicted octanol–water partition coefficient (Wildman–Crippen LogP) is 4.75. The molecule has 1 rings (SSSR count). The Kier molecular flexibility index (Phi) is 4.72. The molecule has 3 nitrogen and oxygen atoms in total. The molecule has 0 saturated heterocycles. The Labute approximate surface area is 105 Å². The molecule has 1 aromatic rings. The molecule has 19 heavy (non-hydrogen) atoms. The number of azide groups is 1. The molecule has 8 heteroatoms. The van der Waals surface area contributed by atoms with E-state index in [2.05, 4.69) is 10.0 Å². The topological polar surface area (TPSA) is 48.8 Å². The molecular weight excluding hydrogens is 269 g/mol. The second-order valence-electron chi connectivity index (χ2n) is 3.90. The third-order valence-corrected chi connectivity index (χ3v) is 2.49. The van der Waals surface area contributed by atoms with Crippen LogP contribution in [0.4, 0.5) is 22.0 Å². The summed E-state index contributed by atoms with van der Waals surface area (Å²) in [7, 11) is 0. The van der Waals surface area contributed by atoms with Gasteiger partial charge in [0, 0.05) is 4.91 Å². The van der Waals surface area contributed by atoms with Crippen LogP contribution in [0.2, 0.25) is 0 Å². The summed E-state index contributed by atoms with van der Waals surface area (Å²) in [5.74, 6) is 0. The van der Waals surface area contributed by atoms with Gasteiger partial charge < -0.3 is 0 Å². The fourth-order valence-corrected chi connectivity index (χ4v) is 1.53. The number of alkyl halides is 5. The fraction of sp³-hybridized carbons (Fsp3) is 0.455. The quantitative estimate of drug-likeness (QED) is 0.330. The smallest absolute Gasteiger partial charge is 0.247 e. The highest BCUT2D eigenvalue weighted by Gasteiger charge is 2.33. The Morgan fingerprint density at radius 2 is 1.89 bits per heavy atom. The van der Waals surface area contributed by atoms with Gasteiger partial charge in [0.25, 0.3) is 0 Å². The minimum Gasteiger partial charge on any atom is -0.247 e. The lowest BCUT2D eigenvalue weighted by Gasteiger charge is -2.18. The molecule has 0 spiro atoms. The molecule has 0 heterocycles. The van der Waals surface area contributed by atoms with E-state index in [1.165, 1.54) is 0 Å². The van der Waals surface area contributed by atoms with Crippen LogP contribution in [-0.2, 0) is 6.18 Å². The highest BCUT2D eigenvalue weighted by Crippen LogP contribution is 2.33. The van der Waals surface area contributed by atoms with E-state index >= 15 is 0 Å². The van der Waals surface area contributed by atoms with E-state index in [1.807, 2.05) is 0 Å². The van der Waals surface area contributed by atoms with Gasteiger partial charge in [0.05, 0.1) is 5.56 Å². The van der Waals surface area contributed by atoms with Crippen LogP contribution in [-0.4, -0.2) is 12.2 Å². The minimum atomic E-state index is -4.62. The fourth-order valence-electron chi connectivity index (χ4n) is 1.53. The summed E-state index contributed by atoms with van der Waals surface area (Å²) in [5, 5.41) is 2.94. The molecular formula is C11H10F5N3. The van der Waals surface area contributed by atoms with Crippen molar-refractivity contribution in [3.63, 3.8) is 0 Å². The van der Waals surface area contributed by atoms with E-state index in [0.717, 1.165) is 25.1 Å². The van der Waals surface area contributed by atoms with Crippen LogP contribution in [0.1, 0.15) is 24.2 Å². The Bertz CT molecular complexity index is 479. The minimum absolute atomic E-state index is 0.378. The molecule has 0 saturated carbocycles. The Morgan fingerprint density at radius 3 is 2.37 bits per heavy atom. The summed E-state index contributed by atoms with van der Waals surface area (Å²) in [5.41, 5.74) is 6.79. The average Bonchev–Trinajstić information content (AvgIpc) is 2.34. The highest BCUT2D eigenvalue weighted by atomic mass is 19.4. The molecule has 0 bridgehead atoms. The van der Waals surface area contributed by atoms with Gasteiger partial charge in [0.1, 0.15) is 18.4 Å². The molecule has 0 aromatic heterocycles. The first-order valence-corrected chi connectivity index (χ1v) is 5.27. The molecule has 0 aliphatic carbocycles. The monoisotopic (exact) mass is 279 g/mol. The van der Waals surface area contributed by atoms with Gasteiger partial charge in [0.2, 0.25) is 0 Å². The number of hydrogen-bond donors (Lipinski definition) is 0. The van der Waals surface area contributed by atoms with E-state index in [4.69, 9.17) is 5.53 Å². The van der Waals surface area contributed by atoms with Gasteiger partial charge in [-0.05, 0) is 30.2 Å². The zero-order valence-electron chi connectivity index (χ0n) is 9.77. The molecule has 0 fully saturated rings. The molecule has 3 atom stereocenters. The average molecular weight is 279 g/mol. The van der Waals surface area contributed by atoms with Crippen LogP contribution < -0.4 is 0 Å². The van der Waals surface area contributed by atoms with Gasteiger partial charge in [-0.2, -0.15) is 13.2 Å². The lowest BCUT2D eigenvalue weighted by atomic mass is 9.99. The Balaban J connectivity index is 3.11. The van der Waals surface area contributed by atoms with Crippen LogP contribution in [0.25, 0.3) is 10.4 Å². The molecule has 104 valence electrons. The number of benzene rings is 1. The lowest BCUT2D eigenvalue weighted by molar-refractivity contribution is -0.137. The first kappa shape index (κ1) is 15.2. The maximum Gasteiger partial charge on any atom is 0.416 e. The van der Waals surface area contributed by atoms with E-state index in [-0.39, 0.29) is 5.56 Å². The van der Waals surface area contributed by atoms with Crippen LogP contribution in [0.3, 0.4) is 0 Å². The molecule has 0 amide bonds. The summed E-state index contributed by atoms with van der Waals surface area (Å²) in [4.78, 5) is 2.30. The summed E-state index contributed by atoms with van der Waals surface area (Å²) in [6.07, 6.45) is -8.58. The number of rotatable bonds is 4. The van der Waals surface area contributed by atoms with Crippen molar-refractivity contribution in [3.05, 3.63) is 45.8 Å². The van der Waals surface area contributed by atoms with Gasteiger partial charge in [0.15, 0.2) is 0 Å². The van der Waals surface area contributed by atoms with E-state index in [0.29, 0.717) is 6.07 Å². The summed E-state index contributed by atoms with van der Waals surface area (Å²) >= 11 is 0. The van der Waals surface area contributed by atoms with Gasteiger partial charge in [-0.3, -0.25) is 0 Å². The van der Waals surface area contributed by atoms with E-state index in [9.17, 15) is 22.0 Å². The second kappa shape index (κ2) is 5.88. The molecule has 0 aliphatic rings. The molecule has 0 aliphatic heterocycles. The van der Waals surface area contributed by atoms with Gasteiger partial charge in [-0.1, -0.05) is 17.2 Å². The number of halogens is 5. The number of nitrogens with zero attached hydrogens (tertiary/aromatic N) is 3. The normalized spacial score (nSPS) is 16.3. The summed E-state index contributed by atoms with van der Waals surface area (Å²) in [6.45, 7) is 0.972. The van der Waals surface area contributed by atoms with Crippen LogP contribution in [0, 0.1) is 0 Å². The second-order valence-corrected chi connectivity index (χ2v) is 3.90. The van der Waals surface area contributed by atoms with Crippen LogP contribution in [0.5, 0.6) is 0 Å².